The average Bonchev–Trinajstić information content (AvgIpc) is 2.78. The number of amides is 2. The Morgan fingerprint density at radius 2 is 2.03 bits per heavy atom. The van der Waals surface area contributed by atoms with E-state index in [0.29, 0.717) is 16.3 Å². The Morgan fingerprint density at radius 1 is 1.27 bits per heavy atom. The summed E-state index contributed by atoms with van der Waals surface area (Å²) in [7, 11) is 1.18. The van der Waals surface area contributed by atoms with E-state index in [1.165, 1.54) is 13.2 Å². The Labute approximate surface area is 212 Å². The largest absolute Gasteiger partial charge is 0.468 e. The molecule has 2 N–H and O–H groups in total. The fourth-order valence-corrected chi connectivity index (χ4v) is 5.02. The Bertz CT molecular complexity index is 1200. The number of halogens is 3. The number of hydrogen-bond donors (Lipinski definition) is 2. The van der Waals surface area contributed by atoms with Crippen molar-refractivity contribution >= 4 is 74.4 Å². The predicted octanol–water partition coefficient (Wildman–Crippen LogP) is 4.87. The Balaban J connectivity index is 1.89. The molecule has 0 fully saturated rings. The van der Waals surface area contributed by atoms with Crippen molar-refractivity contribution in [2.45, 2.75) is 5.92 Å². The van der Waals surface area contributed by atoms with Crippen molar-refractivity contribution in [1.29, 1.82) is 5.26 Å². The first-order valence-electron chi connectivity index (χ1n) is 9.41. The molecule has 1 aliphatic rings. The predicted molar refractivity (Wildman–Crippen MR) is 131 cm³/mol. The molecule has 0 bridgehead atoms. The normalized spacial score (nSPS) is 17.7. The monoisotopic (exact) mass is 567 g/mol. The van der Waals surface area contributed by atoms with Gasteiger partial charge in [-0.3, -0.25) is 14.4 Å². The van der Waals surface area contributed by atoms with Gasteiger partial charge >= 0.3 is 5.97 Å². The zero-order valence-corrected chi connectivity index (χ0v) is 20.9. The zero-order chi connectivity index (χ0) is 24.1. The van der Waals surface area contributed by atoms with E-state index in [4.69, 9.17) is 27.9 Å². The third-order valence-corrected chi connectivity index (χ3v) is 6.80. The van der Waals surface area contributed by atoms with Gasteiger partial charge in [-0.2, -0.15) is 5.26 Å². The van der Waals surface area contributed by atoms with Crippen LogP contribution in [0.2, 0.25) is 10.0 Å². The van der Waals surface area contributed by atoms with E-state index in [-0.39, 0.29) is 21.4 Å². The summed E-state index contributed by atoms with van der Waals surface area (Å²) in [5.41, 5.74) is 1.12. The minimum Gasteiger partial charge on any atom is -0.468 e. The van der Waals surface area contributed by atoms with Gasteiger partial charge in [0.05, 0.1) is 40.2 Å². The van der Waals surface area contributed by atoms with E-state index in [0.717, 1.165) is 16.2 Å². The van der Waals surface area contributed by atoms with Gasteiger partial charge < -0.3 is 15.4 Å². The molecule has 0 unspecified atom stereocenters. The highest BCUT2D eigenvalue weighted by atomic mass is 79.9. The number of allylic oxidation sites excluding steroid dienone is 1. The summed E-state index contributed by atoms with van der Waals surface area (Å²) < 4.78 is 5.54. The number of carbonyl (C=O) groups excluding carboxylic acids is 3. The van der Waals surface area contributed by atoms with Crippen LogP contribution in [-0.2, 0) is 19.1 Å². The number of carbonyl (C=O) groups is 3. The molecule has 0 saturated carbocycles. The van der Waals surface area contributed by atoms with Crippen LogP contribution in [0.15, 0.2) is 57.5 Å². The number of anilines is 1. The van der Waals surface area contributed by atoms with Gasteiger partial charge in [0.15, 0.2) is 0 Å². The number of thioether (sulfide) groups is 1. The summed E-state index contributed by atoms with van der Waals surface area (Å²) in [5.74, 6) is -4.01. The van der Waals surface area contributed by atoms with Gasteiger partial charge in [0.25, 0.3) is 0 Å². The molecule has 2 aromatic rings. The van der Waals surface area contributed by atoms with Crippen molar-refractivity contribution in [2.24, 2.45) is 5.92 Å². The molecule has 0 saturated heterocycles. The highest BCUT2D eigenvalue weighted by Gasteiger charge is 2.44. The van der Waals surface area contributed by atoms with Crippen molar-refractivity contribution in [2.75, 3.05) is 18.2 Å². The second kappa shape index (κ2) is 11.1. The van der Waals surface area contributed by atoms with Gasteiger partial charge in [-0.25, -0.2) is 0 Å². The molecule has 0 radical (unpaired) electrons. The van der Waals surface area contributed by atoms with E-state index in [1.54, 1.807) is 36.4 Å². The summed E-state index contributed by atoms with van der Waals surface area (Å²) in [6.45, 7) is 0. The van der Waals surface area contributed by atoms with E-state index < -0.39 is 29.6 Å². The molecule has 0 aliphatic carbocycles. The van der Waals surface area contributed by atoms with E-state index >= 15 is 0 Å². The molecule has 1 heterocycles. The minimum atomic E-state index is -1.25. The number of nitrogens with zero attached hydrogens (tertiary/aromatic N) is 1. The smallest absolute Gasteiger partial charge is 0.319 e. The average molecular weight is 569 g/mol. The number of benzene rings is 2. The third kappa shape index (κ3) is 5.89. The van der Waals surface area contributed by atoms with Crippen LogP contribution in [0.5, 0.6) is 0 Å². The number of nitrogens with one attached hydrogen (secondary N) is 2. The number of nitriles is 1. The Hall–Kier alpha value is -2.51. The summed E-state index contributed by atoms with van der Waals surface area (Å²) >= 11 is 16.3. The number of ether oxygens (including phenoxy) is 1. The van der Waals surface area contributed by atoms with Crippen LogP contribution in [-0.4, -0.2) is 30.6 Å². The van der Waals surface area contributed by atoms with Gasteiger partial charge in [-0.1, -0.05) is 63.0 Å². The van der Waals surface area contributed by atoms with E-state index in [2.05, 4.69) is 32.6 Å². The number of rotatable bonds is 6. The lowest BCUT2D eigenvalue weighted by Gasteiger charge is -2.31. The highest BCUT2D eigenvalue weighted by Crippen LogP contribution is 2.40. The van der Waals surface area contributed by atoms with Gasteiger partial charge in [0, 0.05) is 15.4 Å². The van der Waals surface area contributed by atoms with Gasteiger partial charge in [0.1, 0.15) is 5.92 Å². The van der Waals surface area contributed by atoms with Crippen LogP contribution in [0, 0.1) is 17.2 Å². The first-order valence-corrected chi connectivity index (χ1v) is 11.9. The van der Waals surface area contributed by atoms with Gasteiger partial charge in [0.2, 0.25) is 11.8 Å². The molecule has 2 atom stereocenters. The SMILES string of the molecule is COC(=O)[C@H]1C(=O)NC(SCC(=O)Nc2ccc(Cl)cc2Cl)=C(C#N)[C@H]1c1cccc(Br)c1. The molecule has 3 rings (SSSR count). The van der Waals surface area contributed by atoms with Crippen LogP contribution < -0.4 is 10.6 Å². The van der Waals surface area contributed by atoms with Crippen molar-refractivity contribution in [3.63, 3.8) is 0 Å². The molecule has 33 heavy (non-hydrogen) atoms. The first-order chi connectivity index (χ1) is 15.7. The lowest BCUT2D eigenvalue weighted by Crippen LogP contribution is -2.44. The lowest BCUT2D eigenvalue weighted by atomic mass is 9.78. The highest BCUT2D eigenvalue weighted by molar-refractivity contribution is 9.10. The molecular weight excluding hydrogens is 553 g/mol. The zero-order valence-electron chi connectivity index (χ0n) is 17.0. The topological polar surface area (TPSA) is 108 Å². The minimum absolute atomic E-state index is 0.117. The molecule has 2 aromatic carbocycles. The fourth-order valence-electron chi connectivity index (χ4n) is 3.29. The number of esters is 1. The van der Waals surface area contributed by atoms with Gasteiger partial charge in [-0.15, -0.1) is 0 Å². The summed E-state index contributed by atoms with van der Waals surface area (Å²) in [6.07, 6.45) is 0. The first kappa shape index (κ1) is 25.1. The maximum absolute atomic E-state index is 12.8. The van der Waals surface area contributed by atoms with Crippen LogP contribution in [0.4, 0.5) is 5.69 Å². The van der Waals surface area contributed by atoms with Crippen LogP contribution >= 0.6 is 50.9 Å². The molecular formula is C22H16BrCl2N3O4S. The van der Waals surface area contributed by atoms with Gasteiger partial charge in [-0.05, 0) is 35.9 Å². The maximum atomic E-state index is 12.8. The third-order valence-electron chi connectivity index (χ3n) is 4.74. The second-order valence-electron chi connectivity index (χ2n) is 6.84. The number of hydrogen-bond acceptors (Lipinski definition) is 6. The maximum Gasteiger partial charge on any atom is 0.319 e. The van der Waals surface area contributed by atoms with Crippen molar-refractivity contribution in [1.82, 2.24) is 5.32 Å². The second-order valence-corrected chi connectivity index (χ2v) is 9.58. The van der Waals surface area contributed by atoms with Crippen LogP contribution in [0.25, 0.3) is 0 Å². The molecule has 11 heteroatoms. The molecule has 2 amide bonds. The summed E-state index contributed by atoms with van der Waals surface area (Å²) in [6, 6.07) is 13.7. The van der Waals surface area contributed by atoms with E-state index in [1.807, 2.05) is 0 Å². The lowest BCUT2D eigenvalue weighted by molar-refractivity contribution is -0.150. The van der Waals surface area contributed by atoms with Crippen molar-refractivity contribution in [3.8, 4) is 6.07 Å². The van der Waals surface area contributed by atoms with E-state index in [9.17, 15) is 19.6 Å². The van der Waals surface area contributed by atoms with Crippen LogP contribution in [0.3, 0.4) is 0 Å². The Kier molecular flexibility index (Phi) is 8.43. The fraction of sp³-hybridized carbons (Fsp3) is 0.182. The summed E-state index contributed by atoms with van der Waals surface area (Å²) in [5, 5.41) is 16.1. The van der Waals surface area contributed by atoms with Crippen molar-refractivity contribution < 1.29 is 19.1 Å². The molecule has 7 nitrogen and oxygen atoms in total. The van der Waals surface area contributed by atoms with Crippen LogP contribution in [0.1, 0.15) is 11.5 Å². The quantitative estimate of drug-likeness (QED) is 0.380. The Morgan fingerprint density at radius 3 is 2.67 bits per heavy atom. The molecule has 1 aliphatic heterocycles. The summed E-state index contributed by atoms with van der Waals surface area (Å²) in [4.78, 5) is 37.7. The van der Waals surface area contributed by atoms with Crippen molar-refractivity contribution in [3.05, 3.63) is 73.1 Å². The molecule has 170 valence electrons. The molecule has 0 spiro atoms. The standard InChI is InChI=1S/C22H16BrCl2N3O4S/c1-32-22(31)19-18(11-3-2-4-12(23)7-11)14(9-26)21(28-20(19)30)33-10-17(29)27-16-6-5-13(24)8-15(16)25/h2-8,18-19H,10H2,1H3,(H,27,29)(H,28,30)/t18-,19-/m1/s1. The molecule has 0 aromatic heterocycles. The number of methoxy groups -OCH3 is 1.